The zero-order valence-electron chi connectivity index (χ0n) is 15.4. The predicted octanol–water partition coefficient (Wildman–Crippen LogP) is 1.75. The number of halogens is 2. The summed E-state index contributed by atoms with van der Waals surface area (Å²) in [6.45, 7) is 0.276. The first-order chi connectivity index (χ1) is 13.5. The monoisotopic (exact) mass is 388 g/mol. The van der Waals surface area contributed by atoms with Crippen molar-refractivity contribution in [2.75, 3.05) is 13.1 Å². The number of alkyl halides is 2. The summed E-state index contributed by atoms with van der Waals surface area (Å²) in [5, 5.41) is 3.04. The molecule has 3 aliphatic rings. The molecule has 0 unspecified atom stereocenters. The van der Waals surface area contributed by atoms with Crippen LogP contribution in [0.5, 0.6) is 0 Å². The molecule has 0 spiro atoms. The Labute approximate surface area is 161 Å². The van der Waals surface area contributed by atoms with Gasteiger partial charge in [0.25, 0.3) is 11.8 Å². The van der Waals surface area contributed by atoms with Crippen LogP contribution in [0.25, 0.3) is 5.95 Å². The Morgan fingerprint density at radius 2 is 2.11 bits per heavy atom. The molecule has 0 radical (unpaired) electrons. The van der Waals surface area contributed by atoms with Crippen LogP contribution < -0.4 is 5.32 Å². The number of nitrogens with one attached hydrogen (secondary N) is 1. The Kier molecular flexibility index (Phi) is 4.15. The minimum atomic E-state index is -2.57. The molecule has 0 aromatic carbocycles. The fraction of sp³-hybridized carbons (Fsp3) is 0.579. The molecule has 148 valence electrons. The van der Waals surface area contributed by atoms with Gasteiger partial charge in [-0.2, -0.15) is 0 Å². The van der Waals surface area contributed by atoms with Crippen LogP contribution in [-0.4, -0.2) is 61.4 Å². The van der Waals surface area contributed by atoms with Crippen molar-refractivity contribution in [3.63, 3.8) is 0 Å². The number of carbonyl (C=O) groups excluding carboxylic acids is 1. The number of carbonyl (C=O) groups is 1. The minimum absolute atomic E-state index is 0.00966. The van der Waals surface area contributed by atoms with Crippen LogP contribution in [0.4, 0.5) is 8.78 Å². The highest BCUT2D eigenvalue weighted by Gasteiger charge is 2.44. The van der Waals surface area contributed by atoms with E-state index in [1.807, 2.05) is 4.90 Å². The van der Waals surface area contributed by atoms with Crippen LogP contribution in [-0.2, 0) is 12.8 Å². The van der Waals surface area contributed by atoms with Crippen molar-refractivity contribution in [2.45, 2.75) is 56.5 Å². The predicted molar refractivity (Wildman–Crippen MR) is 96.6 cm³/mol. The molecule has 1 amide bonds. The lowest BCUT2D eigenvalue weighted by molar-refractivity contribution is -0.000497. The van der Waals surface area contributed by atoms with E-state index in [0.717, 1.165) is 30.5 Å². The lowest BCUT2D eigenvalue weighted by Crippen LogP contribution is -2.53. The average molecular weight is 388 g/mol. The number of amides is 1. The van der Waals surface area contributed by atoms with Crippen molar-refractivity contribution in [3.8, 4) is 5.95 Å². The van der Waals surface area contributed by atoms with E-state index in [1.165, 1.54) is 0 Å². The molecule has 0 bridgehead atoms. The van der Waals surface area contributed by atoms with E-state index < -0.39 is 5.92 Å². The first kappa shape index (κ1) is 17.7. The molecule has 2 aliphatic carbocycles. The molecule has 1 N–H and O–H groups in total. The van der Waals surface area contributed by atoms with E-state index in [0.29, 0.717) is 31.0 Å². The SMILES string of the molecule is O=C(N[C@H]1C[C@H](N2CCC(F)(F)C2)C1)c1nc(-n2ccnc2)nc2c1CCC2. The third kappa shape index (κ3) is 3.17. The number of imidazole rings is 1. The smallest absolute Gasteiger partial charge is 0.270 e. The zero-order chi connectivity index (χ0) is 19.3. The summed E-state index contributed by atoms with van der Waals surface area (Å²) in [5.41, 5.74) is 2.29. The van der Waals surface area contributed by atoms with Crippen molar-refractivity contribution in [1.82, 2.24) is 29.7 Å². The number of fused-ring (bicyclic) bond motifs is 1. The van der Waals surface area contributed by atoms with Crippen molar-refractivity contribution in [3.05, 3.63) is 35.7 Å². The molecule has 0 atom stereocenters. The van der Waals surface area contributed by atoms with Crippen LogP contribution in [0.15, 0.2) is 18.7 Å². The fourth-order valence-corrected chi connectivity index (χ4v) is 4.43. The van der Waals surface area contributed by atoms with Gasteiger partial charge in [0.05, 0.1) is 6.54 Å². The number of aromatic nitrogens is 4. The number of rotatable bonds is 4. The summed E-state index contributed by atoms with van der Waals surface area (Å²) in [6, 6.07) is 0.145. The lowest BCUT2D eigenvalue weighted by atomic mass is 9.85. The minimum Gasteiger partial charge on any atom is -0.348 e. The summed E-state index contributed by atoms with van der Waals surface area (Å²) in [4.78, 5) is 27.9. The van der Waals surface area contributed by atoms with Gasteiger partial charge >= 0.3 is 0 Å². The van der Waals surface area contributed by atoms with Gasteiger partial charge in [-0.1, -0.05) is 0 Å². The number of likely N-dealkylation sites (tertiary alicyclic amines) is 1. The normalized spacial score (nSPS) is 26.1. The Balaban J connectivity index is 1.28. The number of nitrogens with zero attached hydrogens (tertiary/aromatic N) is 5. The quantitative estimate of drug-likeness (QED) is 0.864. The van der Waals surface area contributed by atoms with Gasteiger partial charge in [-0.15, -0.1) is 0 Å². The highest BCUT2D eigenvalue weighted by molar-refractivity contribution is 5.94. The number of hydrogen-bond donors (Lipinski definition) is 1. The highest BCUT2D eigenvalue weighted by Crippen LogP contribution is 2.34. The van der Waals surface area contributed by atoms with E-state index in [1.54, 1.807) is 23.3 Å². The van der Waals surface area contributed by atoms with E-state index in [2.05, 4.69) is 20.3 Å². The molecule has 2 aromatic heterocycles. The maximum Gasteiger partial charge on any atom is 0.270 e. The average Bonchev–Trinajstić information content (AvgIpc) is 3.36. The van der Waals surface area contributed by atoms with Crippen LogP contribution in [0.1, 0.15) is 47.4 Å². The zero-order valence-corrected chi connectivity index (χ0v) is 15.4. The maximum atomic E-state index is 13.4. The van der Waals surface area contributed by atoms with Crippen molar-refractivity contribution in [2.24, 2.45) is 0 Å². The third-order valence-electron chi connectivity index (χ3n) is 6.04. The fourth-order valence-electron chi connectivity index (χ4n) is 4.43. The Hall–Kier alpha value is -2.42. The highest BCUT2D eigenvalue weighted by atomic mass is 19.3. The topological polar surface area (TPSA) is 75.9 Å². The van der Waals surface area contributed by atoms with Gasteiger partial charge in [0.1, 0.15) is 12.0 Å². The second-order valence-corrected chi connectivity index (χ2v) is 7.99. The third-order valence-corrected chi connectivity index (χ3v) is 6.04. The van der Waals surface area contributed by atoms with E-state index in [-0.39, 0.29) is 31.0 Å². The van der Waals surface area contributed by atoms with Gasteiger partial charge in [0.15, 0.2) is 0 Å². The lowest BCUT2D eigenvalue weighted by Gasteiger charge is -2.41. The summed E-state index contributed by atoms with van der Waals surface area (Å²) in [6.07, 6.45) is 8.98. The number of aryl methyl sites for hydroxylation is 1. The summed E-state index contributed by atoms with van der Waals surface area (Å²) >= 11 is 0. The Bertz CT molecular complexity index is 894. The number of hydrogen-bond acceptors (Lipinski definition) is 5. The summed E-state index contributed by atoms with van der Waals surface area (Å²) in [7, 11) is 0. The van der Waals surface area contributed by atoms with Gasteiger partial charge in [-0.25, -0.2) is 23.7 Å². The molecule has 1 saturated carbocycles. The molecule has 7 nitrogen and oxygen atoms in total. The summed E-state index contributed by atoms with van der Waals surface area (Å²) < 4.78 is 28.5. The molecule has 5 rings (SSSR count). The van der Waals surface area contributed by atoms with Gasteiger partial charge in [-0.3, -0.25) is 14.3 Å². The largest absolute Gasteiger partial charge is 0.348 e. The molecule has 2 fully saturated rings. The van der Waals surface area contributed by atoms with Gasteiger partial charge in [0, 0.05) is 48.7 Å². The molecule has 1 saturated heterocycles. The first-order valence-electron chi connectivity index (χ1n) is 9.79. The molecular weight excluding hydrogens is 366 g/mol. The van der Waals surface area contributed by atoms with Gasteiger partial charge in [-0.05, 0) is 32.1 Å². The maximum absolute atomic E-state index is 13.4. The Morgan fingerprint density at radius 3 is 2.82 bits per heavy atom. The first-order valence-corrected chi connectivity index (χ1v) is 9.79. The second kappa shape index (κ2) is 6.58. The molecular formula is C19H22F2N6O. The van der Waals surface area contributed by atoms with E-state index >= 15 is 0 Å². The van der Waals surface area contributed by atoms with Crippen molar-refractivity contribution in [1.29, 1.82) is 0 Å². The van der Waals surface area contributed by atoms with Crippen LogP contribution >= 0.6 is 0 Å². The molecule has 9 heteroatoms. The van der Waals surface area contributed by atoms with Crippen LogP contribution in [0, 0.1) is 0 Å². The van der Waals surface area contributed by atoms with Gasteiger partial charge in [0.2, 0.25) is 5.95 Å². The summed E-state index contributed by atoms with van der Waals surface area (Å²) in [5.74, 6) is -2.31. The van der Waals surface area contributed by atoms with Crippen molar-refractivity contribution >= 4 is 5.91 Å². The van der Waals surface area contributed by atoms with E-state index in [9.17, 15) is 13.6 Å². The molecule has 2 aromatic rings. The standard InChI is InChI=1S/C19H22F2N6O/c20-19(21)4-6-26(10-19)13-8-12(9-13)23-17(28)16-14-2-1-3-15(14)24-18(25-16)27-7-5-22-11-27/h5,7,11-13H,1-4,6,8-10H2,(H,23,28)/t12-,13-. The molecule has 3 heterocycles. The molecule has 1 aliphatic heterocycles. The van der Waals surface area contributed by atoms with E-state index in [4.69, 9.17) is 0 Å². The van der Waals surface area contributed by atoms with Crippen LogP contribution in [0.2, 0.25) is 0 Å². The van der Waals surface area contributed by atoms with Gasteiger partial charge < -0.3 is 5.32 Å². The molecule has 28 heavy (non-hydrogen) atoms. The second-order valence-electron chi connectivity index (χ2n) is 7.99. The van der Waals surface area contributed by atoms with Crippen molar-refractivity contribution < 1.29 is 13.6 Å². The van der Waals surface area contributed by atoms with Crippen LogP contribution in [0.3, 0.4) is 0 Å². The Morgan fingerprint density at radius 1 is 1.25 bits per heavy atom.